The van der Waals surface area contributed by atoms with Gasteiger partial charge in [-0.05, 0) is 67.8 Å². The topological polar surface area (TPSA) is 117 Å². The molecular formula is C38H40N8O4S. The highest BCUT2D eigenvalue weighted by Gasteiger charge is 2.24. The van der Waals surface area contributed by atoms with Crippen molar-refractivity contribution in [3.8, 4) is 22.6 Å². The molecule has 1 aliphatic heterocycles. The predicted octanol–water partition coefficient (Wildman–Crippen LogP) is 8.29. The van der Waals surface area contributed by atoms with Gasteiger partial charge in [-0.15, -0.1) is 0 Å². The highest BCUT2D eigenvalue weighted by atomic mass is 32.2. The third-order valence-electron chi connectivity index (χ3n) is 8.58. The van der Waals surface area contributed by atoms with Gasteiger partial charge in [0.05, 0.1) is 17.4 Å². The highest BCUT2D eigenvalue weighted by molar-refractivity contribution is 7.99. The number of imidazole rings is 1. The van der Waals surface area contributed by atoms with E-state index in [4.69, 9.17) is 9.47 Å². The summed E-state index contributed by atoms with van der Waals surface area (Å²) in [5.41, 5.74) is 7.82. The summed E-state index contributed by atoms with van der Waals surface area (Å²) in [5, 5.41) is 10.6. The quantitative estimate of drug-likeness (QED) is 0.129. The van der Waals surface area contributed by atoms with Gasteiger partial charge in [-0.3, -0.25) is 9.80 Å². The van der Waals surface area contributed by atoms with Crippen LogP contribution in [0, 0.1) is 0 Å². The monoisotopic (exact) mass is 704 g/mol. The number of aromatic nitrogens is 2. The Morgan fingerprint density at radius 1 is 0.882 bits per heavy atom. The molecular weight excluding hydrogens is 665 g/mol. The number of amides is 2. The van der Waals surface area contributed by atoms with E-state index < -0.39 is 12.2 Å². The molecule has 0 radical (unpaired) electrons. The van der Waals surface area contributed by atoms with Gasteiger partial charge >= 0.3 is 12.2 Å². The molecule has 4 aromatic carbocycles. The molecule has 262 valence electrons. The Kier molecular flexibility index (Phi) is 11.3. The summed E-state index contributed by atoms with van der Waals surface area (Å²) in [6.07, 6.45) is 3.53. The summed E-state index contributed by atoms with van der Waals surface area (Å²) in [4.78, 5) is 34.4. The first-order valence-electron chi connectivity index (χ1n) is 16.6. The van der Waals surface area contributed by atoms with Crippen LogP contribution in [0.5, 0.6) is 11.5 Å². The molecule has 5 aromatic rings. The number of carbonyl (C=O) groups is 2. The fraction of sp³-hybridized carbons (Fsp3) is 0.237. The molecule has 0 bridgehead atoms. The molecule has 2 amide bonds. The third kappa shape index (κ3) is 8.39. The summed E-state index contributed by atoms with van der Waals surface area (Å²) < 4.78 is 13.6. The first-order valence-corrected chi connectivity index (χ1v) is 17.6. The minimum atomic E-state index is -0.535. The van der Waals surface area contributed by atoms with Crippen molar-refractivity contribution in [3.05, 3.63) is 121 Å². The van der Waals surface area contributed by atoms with E-state index in [2.05, 4.69) is 20.9 Å². The van der Waals surface area contributed by atoms with Crippen molar-refractivity contribution in [1.82, 2.24) is 20.1 Å². The van der Waals surface area contributed by atoms with Gasteiger partial charge < -0.3 is 14.0 Å². The lowest BCUT2D eigenvalue weighted by Gasteiger charge is -2.26. The Morgan fingerprint density at radius 2 is 1.51 bits per heavy atom. The zero-order valence-corrected chi connectivity index (χ0v) is 29.8. The maximum atomic E-state index is 13.6. The van der Waals surface area contributed by atoms with E-state index in [1.54, 1.807) is 42.0 Å². The van der Waals surface area contributed by atoms with Crippen LogP contribution in [0.2, 0.25) is 0 Å². The van der Waals surface area contributed by atoms with Crippen molar-refractivity contribution < 1.29 is 19.1 Å². The van der Waals surface area contributed by atoms with Gasteiger partial charge in [0.25, 0.3) is 0 Å². The van der Waals surface area contributed by atoms with E-state index in [1.807, 2.05) is 122 Å². The van der Waals surface area contributed by atoms with Crippen LogP contribution in [0.4, 0.5) is 21.0 Å². The van der Waals surface area contributed by atoms with Crippen LogP contribution in [0.3, 0.4) is 0 Å². The van der Waals surface area contributed by atoms with Crippen molar-refractivity contribution in [2.45, 2.75) is 31.5 Å². The van der Waals surface area contributed by atoms with Gasteiger partial charge in [0.1, 0.15) is 18.2 Å². The van der Waals surface area contributed by atoms with Gasteiger partial charge in [0, 0.05) is 49.9 Å². The van der Waals surface area contributed by atoms with Gasteiger partial charge in [-0.1, -0.05) is 77.6 Å². The summed E-state index contributed by atoms with van der Waals surface area (Å²) >= 11 is 1.70. The largest absolute Gasteiger partial charge is 0.419 e. The van der Waals surface area contributed by atoms with Crippen LogP contribution in [0.15, 0.2) is 125 Å². The molecule has 2 heterocycles. The van der Waals surface area contributed by atoms with Crippen LogP contribution in [-0.4, -0.2) is 52.8 Å². The second-order valence-electron chi connectivity index (χ2n) is 11.8. The molecule has 0 saturated heterocycles. The molecule has 12 nitrogen and oxygen atoms in total. The molecule has 6 rings (SSSR count). The van der Waals surface area contributed by atoms with E-state index in [0.717, 1.165) is 39.6 Å². The van der Waals surface area contributed by atoms with Crippen LogP contribution in [0.25, 0.3) is 11.1 Å². The van der Waals surface area contributed by atoms with Crippen molar-refractivity contribution in [2.24, 2.45) is 17.4 Å². The van der Waals surface area contributed by atoms with E-state index >= 15 is 0 Å². The zero-order chi connectivity index (χ0) is 35.7. The van der Waals surface area contributed by atoms with Crippen molar-refractivity contribution in [1.29, 1.82) is 0 Å². The van der Waals surface area contributed by atoms with E-state index in [1.165, 1.54) is 4.90 Å². The number of anilines is 2. The molecule has 1 atom stereocenters. The number of rotatable bonds is 12. The summed E-state index contributed by atoms with van der Waals surface area (Å²) in [6.45, 7) is 4.75. The fourth-order valence-electron chi connectivity index (χ4n) is 5.65. The van der Waals surface area contributed by atoms with Crippen LogP contribution in [0.1, 0.15) is 31.0 Å². The van der Waals surface area contributed by atoms with E-state index in [0.29, 0.717) is 36.1 Å². The Hall–Kier alpha value is -5.66. The molecule has 13 heteroatoms. The van der Waals surface area contributed by atoms with Gasteiger partial charge in [0.15, 0.2) is 5.16 Å². The predicted molar refractivity (Wildman–Crippen MR) is 199 cm³/mol. The maximum absolute atomic E-state index is 13.6. The average Bonchev–Trinajstić information content (AvgIpc) is 3.85. The highest BCUT2D eigenvalue weighted by Crippen LogP contribution is 2.37. The second-order valence-corrected chi connectivity index (χ2v) is 12.9. The third-order valence-corrected chi connectivity index (χ3v) is 9.64. The minimum absolute atomic E-state index is 0.0254. The molecule has 51 heavy (non-hydrogen) atoms. The van der Waals surface area contributed by atoms with Crippen LogP contribution >= 0.6 is 11.8 Å². The number of benzene rings is 4. The number of nitrogens with one attached hydrogen (secondary N) is 1. The van der Waals surface area contributed by atoms with Crippen molar-refractivity contribution in [3.63, 3.8) is 0 Å². The number of carbonyl (C=O) groups excluding carboxylic acids is 2. The molecule has 1 aliphatic rings. The first-order chi connectivity index (χ1) is 24.8. The number of hydrogen-bond donors (Lipinski definition) is 1. The van der Waals surface area contributed by atoms with Crippen molar-refractivity contribution in [2.75, 3.05) is 35.8 Å². The molecule has 1 aromatic heterocycles. The maximum Gasteiger partial charge on any atom is 0.419 e. The van der Waals surface area contributed by atoms with Gasteiger partial charge in [-0.2, -0.15) is 10.1 Å². The number of para-hydroxylation sites is 2. The van der Waals surface area contributed by atoms with Gasteiger partial charge in [-0.25, -0.2) is 20.1 Å². The Labute approximate surface area is 301 Å². The van der Waals surface area contributed by atoms with Crippen LogP contribution < -0.4 is 24.8 Å². The standard InChI is InChI=1S/C38H40N8O4S/c1-5-45(38(48)50-31-20-16-29(17-21-31)27(2)46-26-40-41-42-46)35-13-9-7-11-33(35)32-10-6-8-12-34(32)44(4)37(47)49-30-18-14-28(15-19-30)22-25-51-36-39-23-24-43(36)3/h6-21,23-24,27H,5,22,25-26H2,1-4H3,(H,40,42). The number of aryl methyl sites for hydroxylation is 2. The number of ether oxygens (including phenoxy) is 2. The van der Waals surface area contributed by atoms with Crippen molar-refractivity contribution >= 4 is 35.3 Å². The molecule has 0 saturated carbocycles. The number of nitrogens with zero attached hydrogens (tertiary/aromatic N) is 7. The number of hydrogen-bond acceptors (Lipinski definition) is 10. The van der Waals surface area contributed by atoms with Gasteiger partial charge in [0.2, 0.25) is 0 Å². The Bertz CT molecular complexity index is 1970. The molecule has 0 spiro atoms. The van der Waals surface area contributed by atoms with E-state index in [9.17, 15) is 9.59 Å². The lowest BCUT2D eigenvalue weighted by molar-refractivity contribution is 0.175. The molecule has 1 N–H and O–H groups in total. The lowest BCUT2D eigenvalue weighted by atomic mass is 10.0. The normalized spacial score (nSPS) is 13.0. The minimum Gasteiger partial charge on any atom is -0.410 e. The second kappa shape index (κ2) is 16.4. The van der Waals surface area contributed by atoms with Crippen LogP contribution in [-0.2, 0) is 13.5 Å². The zero-order valence-electron chi connectivity index (χ0n) is 29.0. The fourth-order valence-corrected chi connectivity index (χ4v) is 6.57. The molecule has 1 unspecified atom stereocenters. The SMILES string of the molecule is CCN(C(=O)Oc1ccc(C(C)N2CN=NN2)cc1)c1ccccc1-c1ccccc1N(C)C(=O)Oc1ccc(CCSc2nccn2C)cc1. The number of thioether (sulfide) groups is 1. The first kappa shape index (κ1) is 35.2. The summed E-state index contributed by atoms with van der Waals surface area (Å²) in [7, 11) is 3.65. The summed E-state index contributed by atoms with van der Waals surface area (Å²) in [5.74, 6) is 1.76. The van der Waals surface area contributed by atoms with E-state index in [-0.39, 0.29) is 6.04 Å². The average molecular weight is 705 g/mol. The Morgan fingerprint density at radius 3 is 2.14 bits per heavy atom. The molecule has 0 aliphatic carbocycles. The smallest absolute Gasteiger partial charge is 0.410 e. The number of hydrazine groups is 1. The molecule has 0 fully saturated rings. The Balaban J connectivity index is 1.13. The lowest BCUT2D eigenvalue weighted by Crippen LogP contribution is -2.34. The summed E-state index contributed by atoms with van der Waals surface area (Å²) in [6, 6.07) is 30.1.